The molecule has 0 saturated heterocycles. The van der Waals surface area contributed by atoms with E-state index in [-0.39, 0.29) is 40.1 Å². The smallest absolute Gasteiger partial charge is 6.00 e. The minimum atomic E-state index is -0.123. The molecule has 1 fully saturated rings. The molecule has 2 N–H and O–H groups in total. The molecule has 0 atom stereocenters. The van der Waals surface area contributed by atoms with E-state index in [4.69, 9.17) is 0 Å². The molecule has 1 aromatic carbocycles. The second kappa shape index (κ2) is 18.4. The summed E-state index contributed by atoms with van der Waals surface area (Å²) < 4.78 is 0. The van der Waals surface area contributed by atoms with Gasteiger partial charge in [0.05, 0.1) is 0 Å². The van der Waals surface area contributed by atoms with Crippen molar-refractivity contribution in [3.63, 3.8) is 0 Å². The fraction of sp³-hybridized carbons (Fsp3) is 0.400. The maximum Gasteiger partial charge on any atom is 6.00 e. The van der Waals surface area contributed by atoms with Gasteiger partial charge in [0.1, 0.15) is 0 Å². The van der Waals surface area contributed by atoms with Crippen molar-refractivity contribution < 1.29 is 59.5 Å². The first-order valence-electron chi connectivity index (χ1n) is 7.82. The molecule has 0 radical (unpaired) electrons. The third-order valence-corrected chi connectivity index (χ3v) is 3.49. The van der Waals surface area contributed by atoms with Crippen LogP contribution in [0.3, 0.4) is 0 Å². The van der Waals surface area contributed by atoms with Crippen LogP contribution in [0.2, 0.25) is 0 Å². The van der Waals surface area contributed by atoms with Crippen molar-refractivity contribution in [3.05, 3.63) is 72.9 Å². The quantitative estimate of drug-likeness (QED) is 0.379. The summed E-state index contributed by atoms with van der Waals surface area (Å²) in [6, 6.07) is 8.71. The van der Waals surface area contributed by atoms with Crippen LogP contribution in [0, 0.1) is 69.7 Å². The van der Waals surface area contributed by atoms with Gasteiger partial charge in [0.2, 0.25) is 0 Å². The van der Waals surface area contributed by atoms with Crippen LogP contribution in [0.25, 0.3) is 0 Å². The Morgan fingerprint density at radius 2 is 1.32 bits per heavy atom. The number of aryl methyl sites for hydroxylation is 1. The van der Waals surface area contributed by atoms with Gasteiger partial charge in [-0.25, -0.2) is 12.8 Å². The van der Waals surface area contributed by atoms with Crippen LogP contribution in [0.1, 0.15) is 51.7 Å². The van der Waals surface area contributed by atoms with E-state index in [0.717, 1.165) is 0 Å². The Hall–Kier alpha value is 1.01. The summed E-state index contributed by atoms with van der Waals surface area (Å²) in [6.07, 6.45) is 8.71. The third-order valence-electron chi connectivity index (χ3n) is 3.49. The van der Waals surface area contributed by atoms with E-state index < -0.39 is 0 Å². The van der Waals surface area contributed by atoms with Crippen LogP contribution < -0.4 is 0 Å². The van der Waals surface area contributed by atoms with Crippen LogP contribution in [0.5, 0.6) is 0 Å². The number of hydrogen-bond donors (Lipinski definition) is 0. The minimum absolute atomic E-state index is 0. The van der Waals surface area contributed by atoms with Crippen molar-refractivity contribution in [2.45, 2.75) is 47.5 Å². The van der Waals surface area contributed by atoms with Crippen LogP contribution in [-0.2, 0) is 34.6 Å². The van der Waals surface area contributed by atoms with Gasteiger partial charge < -0.3 is 43.0 Å². The fourth-order valence-corrected chi connectivity index (χ4v) is 1.90. The van der Waals surface area contributed by atoms with Crippen LogP contribution in [-0.4, -0.2) is 5.48 Å². The molecule has 1 aromatic rings. The molecule has 0 heterocycles. The monoisotopic (exact) mass is 562 g/mol. The number of benzene rings is 1. The molecular weight excluding hydrogens is 529 g/mol. The molecule has 2 rings (SSSR count). The van der Waals surface area contributed by atoms with Gasteiger partial charge in [-0.05, 0) is 18.4 Å². The normalized spacial score (nSPS) is 14.6. The van der Waals surface area contributed by atoms with Crippen molar-refractivity contribution >= 4 is 0 Å². The van der Waals surface area contributed by atoms with E-state index in [0.29, 0.717) is 11.8 Å². The molecule has 1 aliphatic rings. The standard InChI is InChI=1S/2C10H14.2ClH.H2O.2Ru/c2*1-8(2)10-6-4-9(3)5-7-10;;;;;/h2*4-8H,1-3H3;2*1H;1H2;;/q;-6;;;;+2;+6. The summed E-state index contributed by atoms with van der Waals surface area (Å²) in [4.78, 5) is 0. The first kappa shape index (κ1) is 30.7. The molecule has 0 amide bonds. The predicted molar refractivity (Wildman–Crippen MR) is 95.9 cm³/mol. The molecule has 25 heavy (non-hydrogen) atoms. The van der Waals surface area contributed by atoms with Crippen molar-refractivity contribution in [3.8, 4) is 0 Å². The molecule has 0 aromatic heterocycles. The van der Waals surface area contributed by atoms with Crippen molar-refractivity contribution in [2.75, 3.05) is 0 Å². The Kier molecular flexibility index (Phi) is 22.6. The Labute approximate surface area is 184 Å². The zero-order valence-corrected chi connectivity index (χ0v) is 20.9. The first-order valence-corrected chi connectivity index (χ1v) is 12.7. The zero-order chi connectivity index (χ0) is 17.8. The Morgan fingerprint density at radius 1 is 0.920 bits per heavy atom. The Bertz CT molecular complexity index is 389. The number of hydrogen-bond acceptors (Lipinski definition) is 0. The van der Waals surface area contributed by atoms with E-state index in [9.17, 15) is 0 Å². The van der Waals surface area contributed by atoms with Crippen molar-refractivity contribution in [1.82, 2.24) is 0 Å². The topological polar surface area (TPSA) is 31.5 Å². The molecular formula is C20H32Cl2ORu2+2. The summed E-state index contributed by atoms with van der Waals surface area (Å²) in [5, 5.41) is 0. The predicted octanol–water partition coefficient (Wildman–Crippen LogP) is 4.40. The molecule has 1 nitrogen and oxygen atoms in total. The van der Waals surface area contributed by atoms with Crippen molar-refractivity contribution in [2.24, 2.45) is 5.92 Å². The van der Waals surface area contributed by atoms with Gasteiger partial charge in [0.15, 0.2) is 0 Å². The Balaban J connectivity index is -0.000000313. The van der Waals surface area contributed by atoms with Gasteiger partial charge in [-0.2, -0.15) is 0 Å². The van der Waals surface area contributed by atoms with Crippen LogP contribution >= 0.6 is 0 Å². The SMILES string of the molecule is C[C-]1[CH-][CH-][C-](C(C)C)[CH-][CH-]1.Cc1ccc(C(C)C)cc1.O.[ClH+][Ru][ClH+].[Ru+6]. The summed E-state index contributed by atoms with van der Waals surface area (Å²) >= 11 is -0.123. The second-order valence-electron chi connectivity index (χ2n) is 6.19. The third kappa shape index (κ3) is 15.7. The molecule has 5 heteroatoms. The zero-order valence-electron chi connectivity index (χ0n) is 15.8. The van der Waals surface area contributed by atoms with Crippen molar-refractivity contribution in [1.29, 1.82) is 0 Å². The summed E-state index contributed by atoms with van der Waals surface area (Å²) in [5.74, 6) is 4.07. The van der Waals surface area contributed by atoms with Gasteiger partial charge in [-0.15, -0.1) is 0 Å². The number of halogens is 2. The van der Waals surface area contributed by atoms with E-state index in [2.05, 4.69) is 111 Å². The van der Waals surface area contributed by atoms with Gasteiger partial charge in [-0.3, -0.25) is 0 Å². The van der Waals surface area contributed by atoms with Gasteiger partial charge >= 0.3 is 54.0 Å². The molecule has 146 valence electrons. The average molecular weight is 562 g/mol. The Morgan fingerprint density at radius 3 is 1.64 bits per heavy atom. The van der Waals surface area contributed by atoms with Gasteiger partial charge in [0.25, 0.3) is 0 Å². The maximum absolute atomic E-state index is 4.30. The largest absolute Gasteiger partial charge is 6.00 e. The number of rotatable bonds is 2. The van der Waals surface area contributed by atoms with E-state index in [1.807, 2.05) is 0 Å². The molecule has 1 saturated carbocycles. The maximum atomic E-state index is 4.30. The average Bonchev–Trinajstić information content (AvgIpc) is 2.49. The molecule has 0 unspecified atom stereocenters. The fourth-order valence-electron chi connectivity index (χ4n) is 1.90. The molecule has 0 aliphatic heterocycles. The minimum Gasteiger partial charge on any atom is 6.00 e. The molecule has 0 spiro atoms. The van der Waals surface area contributed by atoms with E-state index in [1.165, 1.54) is 23.0 Å². The first-order chi connectivity index (χ1) is 10.8. The summed E-state index contributed by atoms with van der Waals surface area (Å²) in [5.41, 5.74) is 2.76. The molecule has 0 bridgehead atoms. The van der Waals surface area contributed by atoms with Crippen LogP contribution in [0.4, 0.5) is 0 Å². The van der Waals surface area contributed by atoms with Crippen LogP contribution in [0.15, 0.2) is 24.3 Å². The summed E-state index contributed by atoms with van der Waals surface area (Å²) in [6.45, 7) is 13.1. The molecule has 1 aliphatic carbocycles. The van der Waals surface area contributed by atoms with Gasteiger partial charge in [0, 0.05) is 0 Å². The van der Waals surface area contributed by atoms with E-state index >= 15 is 0 Å². The second-order valence-corrected chi connectivity index (χ2v) is 9.27. The summed E-state index contributed by atoms with van der Waals surface area (Å²) in [7, 11) is 8.60. The van der Waals surface area contributed by atoms with Gasteiger partial charge in [-0.1, -0.05) is 57.5 Å². The van der Waals surface area contributed by atoms with E-state index in [1.54, 1.807) is 0 Å².